The van der Waals surface area contributed by atoms with Crippen molar-refractivity contribution in [3.05, 3.63) is 53.6 Å². The van der Waals surface area contributed by atoms with Gasteiger partial charge in [0.25, 0.3) is 0 Å². The van der Waals surface area contributed by atoms with Gasteiger partial charge in [0.15, 0.2) is 0 Å². The van der Waals surface area contributed by atoms with E-state index in [2.05, 4.69) is 52.6 Å². The highest BCUT2D eigenvalue weighted by atomic mass is 32.2. The lowest BCUT2D eigenvalue weighted by molar-refractivity contribution is 0.310. The van der Waals surface area contributed by atoms with Crippen LogP contribution in [0.4, 0.5) is 0 Å². The van der Waals surface area contributed by atoms with E-state index in [9.17, 15) is 0 Å². The Morgan fingerprint density at radius 1 is 1.14 bits per heavy atom. The third-order valence-electron chi connectivity index (χ3n) is 4.60. The SMILES string of the molecule is CNCc1cc(C#CCCN2CCSCC2)ccc1Oc1ccc(SC)cc1. The highest BCUT2D eigenvalue weighted by molar-refractivity contribution is 7.99. The third-order valence-corrected chi connectivity index (χ3v) is 6.29. The molecule has 1 fully saturated rings. The zero-order chi connectivity index (χ0) is 19.6. The van der Waals surface area contributed by atoms with Gasteiger partial charge in [-0.05, 0) is 55.8 Å². The van der Waals surface area contributed by atoms with Crippen LogP contribution in [0.3, 0.4) is 0 Å². The summed E-state index contributed by atoms with van der Waals surface area (Å²) in [6.07, 6.45) is 3.00. The second kappa shape index (κ2) is 11.4. The minimum Gasteiger partial charge on any atom is -0.457 e. The van der Waals surface area contributed by atoms with Crippen LogP contribution in [0.2, 0.25) is 0 Å². The summed E-state index contributed by atoms with van der Waals surface area (Å²) in [5, 5.41) is 3.23. The third kappa shape index (κ3) is 6.49. The second-order valence-electron chi connectivity index (χ2n) is 6.64. The molecule has 0 aromatic heterocycles. The summed E-state index contributed by atoms with van der Waals surface area (Å²) in [5.41, 5.74) is 2.17. The highest BCUT2D eigenvalue weighted by Crippen LogP contribution is 2.28. The minimum absolute atomic E-state index is 0.749. The van der Waals surface area contributed by atoms with Gasteiger partial charge in [-0.1, -0.05) is 11.8 Å². The first-order valence-electron chi connectivity index (χ1n) is 9.67. The van der Waals surface area contributed by atoms with Crippen LogP contribution in [-0.2, 0) is 6.54 Å². The lowest BCUT2D eigenvalue weighted by Crippen LogP contribution is -2.33. The predicted octanol–water partition coefficient (Wildman–Crippen LogP) is 4.71. The minimum atomic E-state index is 0.749. The van der Waals surface area contributed by atoms with Crippen molar-refractivity contribution in [1.29, 1.82) is 0 Å². The van der Waals surface area contributed by atoms with Crippen LogP contribution < -0.4 is 10.1 Å². The van der Waals surface area contributed by atoms with Crippen LogP contribution in [0.5, 0.6) is 11.5 Å². The van der Waals surface area contributed by atoms with Gasteiger partial charge < -0.3 is 15.0 Å². The average molecular weight is 413 g/mol. The first-order chi connectivity index (χ1) is 13.8. The monoisotopic (exact) mass is 412 g/mol. The van der Waals surface area contributed by atoms with E-state index in [0.717, 1.165) is 42.1 Å². The zero-order valence-electron chi connectivity index (χ0n) is 16.7. The summed E-state index contributed by atoms with van der Waals surface area (Å²) in [6, 6.07) is 14.4. The van der Waals surface area contributed by atoms with Crippen molar-refractivity contribution in [2.24, 2.45) is 0 Å². The second-order valence-corrected chi connectivity index (χ2v) is 8.74. The van der Waals surface area contributed by atoms with E-state index in [-0.39, 0.29) is 0 Å². The van der Waals surface area contributed by atoms with Crippen molar-refractivity contribution < 1.29 is 4.74 Å². The molecule has 2 aromatic carbocycles. The Morgan fingerprint density at radius 2 is 1.93 bits per heavy atom. The molecular formula is C23H28N2OS2. The molecule has 0 atom stereocenters. The fourth-order valence-corrected chi connectivity index (χ4v) is 4.45. The Bertz CT molecular complexity index is 806. The Hall–Kier alpha value is -1.58. The van der Waals surface area contributed by atoms with E-state index < -0.39 is 0 Å². The van der Waals surface area contributed by atoms with Crippen LogP contribution in [-0.4, -0.2) is 49.3 Å². The smallest absolute Gasteiger partial charge is 0.132 e. The predicted molar refractivity (Wildman–Crippen MR) is 123 cm³/mol. The number of ether oxygens (including phenoxy) is 1. The summed E-state index contributed by atoms with van der Waals surface area (Å²) >= 11 is 3.78. The van der Waals surface area contributed by atoms with Crippen LogP contribution >= 0.6 is 23.5 Å². The van der Waals surface area contributed by atoms with Gasteiger partial charge >= 0.3 is 0 Å². The largest absolute Gasteiger partial charge is 0.457 e. The fraction of sp³-hybridized carbons (Fsp3) is 0.391. The molecule has 148 valence electrons. The maximum absolute atomic E-state index is 6.12. The van der Waals surface area contributed by atoms with Crippen LogP contribution in [0, 0.1) is 11.8 Å². The molecule has 0 radical (unpaired) electrons. The molecule has 0 unspecified atom stereocenters. The number of hydrogen-bond donors (Lipinski definition) is 1. The number of nitrogens with one attached hydrogen (secondary N) is 1. The normalized spacial score (nSPS) is 14.4. The Labute approximate surface area is 177 Å². The number of thioether (sulfide) groups is 2. The number of hydrogen-bond acceptors (Lipinski definition) is 5. The van der Waals surface area contributed by atoms with E-state index in [1.54, 1.807) is 11.8 Å². The first kappa shape index (κ1) is 21.1. The molecule has 1 saturated heterocycles. The van der Waals surface area contributed by atoms with Crippen molar-refractivity contribution in [1.82, 2.24) is 10.2 Å². The molecule has 2 aromatic rings. The van der Waals surface area contributed by atoms with Crippen LogP contribution in [0.25, 0.3) is 0 Å². The molecule has 0 bridgehead atoms. The number of rotatable bonds is 7. The van der Waals surface area contributed by atoms with Gasteiger partial charge in [-0.2, -0.15) is 11.8 Å². The lowest BCUT2D eigenvalue weighted by Gasteiger charge is -2.24. The Morgan fingerprint density at radius 3 is 2.64 bits per heavy atom. The van der Waals surface area contributed by atoms with Gasteiger partial charge in [0, 0.05) is 60.1 Å². The molecule has 0 spiro atoms. The van der Waals surface area contributed by atoms with Crippen molar-refractivity contribution >= 4 is 23.5 Å². The average Bonchev–Trinajstić information content (AvgIpc) is 2.74. The zero-order valence-corrected chi connectivity index (χ0v) is 18.3. The quantitative estimate of drug-likeness (QED) is 0.524. The maximum Gasteiger partial charge on any atom is 0.132 e. The molecule has 1 N–H and O–H groups in total. The van der Waals surface area contributed by atoms with Gasteiger partial charge in [0.05, 0.1) is 0 Å². The van der Waals surface area contributed by atoms with E-state index in [1.165, 1.54) is 29.5 Å². The van der Waals surface area contributed by atoms with Crippen LogP contribution in [0.1, 0.15) is 17.5 Å². The summed E-state index contributed by atoms with van der Waals surface area (Å²) in [4.78, 5) is 3.74. The van der Waals surface area contributed by atoms with E-state index in [0.29, 0.717) is 0 Å². The van der Waals surface area contributed by atoms with Crippen molar-refractivity contribution in [3.8, 4) is 23.3 Å². The standard InChI is InChI=1S/C23H28N2OS2/c1-24-18-20-17-19(5-3-4-12-25-13-15-28-16-14-25)6-11-23(20)26-21-7-9-22(27-2)10-8-21/h6-11,17,24H,4,12-16,18H2,1-2H3. The van der Waals surface area contributed by atoms with Gasteiger partial charge in [0.2, 0.25) is 0 Å². The molecule has 1 aliphatic rings. The molecule has 1 heterocycles. The fourth-order valence-electron chi connectivity index (χ4n) is 3.06. The summed E-state index contributed by atoms with van der Waals surface area (Å²) < 4.78 is 6.12. The van der Waals surface area contributed by atoms with Crippen LogP contribution in [0.15, 0.2) is 47.4 Å². The summed E-state index contributed by atoms with van der Waals surface area (Å²) in [5.74, 6) is 10.9. The van der Waals surface area contributed by atoms with Gasteiger partial charge in [-0.25, -0.2) is 0 Å². The highest BCUT2D eigenvalue weighted by Gasteiger charge is 2.09. The molecule has 1 aliphatic heterocycles. The molecule has 0 amide bonds. The Balaban J connectivity index is 1.63. The van der Waals surface area contributed by atoms with Gasteiger partial charge in [0.1, 0.15) is 11.5 Å². The molecule has 0 aliphatic carbocycles. The first-order valence-corrected chi connectivity index (χ1v) is 12.0. The maximum atomic E-state index is 6.12. The molecule has 3 nitrogen and oxygen atoms in total. The molecular weight excluding hydrogens is 384 g/mol. The molecule has 28 heavy (non-hydrogen) atoms. The number of nitrogens with zero attached hydrogens (tertiary/aromatic N) is 1. The lowest BCUT2D eigenvalue weighted by atomic mass is 10.1. The summed E-state index contributed by atoms with van der Waals surface area (Å²) in [6.45, 7) is 4.22. The van der Waals surface area contributed by atoms with E-state index >= 15 is 0 Å². The van der Waals surface area contributed by atoms with Crippen molar-refractivity contribution in [2.45, 2.75) is 17.9 Å². The van der Waals surface area contributed by atoms with Crippen molar-refractivity contribution in [2.75, 3.05) is 44.4 Å². The summed E-state index contributed by atoms with van der Waals surface area (Å²) in [7, 11) is 1.95. The van der Waals surface area contributed by atoms with Crippen molar-refractivity contribution in [3.63, 3.8) is 0 Å². The Kier molecular flexibility index (Phi) is 8.63. The molecule has 0 saturated carbocycles. The van der Waals surface area contributed by atoms with Gasteiger partial charge in [-0.3, -0.25) is 0 Å². The van der Waals surface area contributed by atoms with E-state index in [4.69, 9.17) is 4.74 Å². The van der Waals surface area contributed by atoms with Gasteiger partial charge in [-0.15, -0.1) is 11.8 Å². The topological polar surface area (TPSA) is 24.5 Å². The number of benzene rings is 2. The molecule has 5 heteroatoms. The van der Waals surface area contributed by atoms with E-state index in [1.807, 2.05) is 37.0 Å². The molecule has 3 rings (SSSR count).